The zero-order chi connectivity index (χ0) is 19.5. The van der Waals surface area contributed by atoms with Crippen molar-refractivity contribution >= 4 is 22.8 Å². The van der Waals surface area contributed by atoms with Crippen LogP contribution in [0.25, 0.3) is 28.1 Å². The summed E-state index contributed by atoms with van der Waals surface area (Å²) in [5.41, 5.74) is 3.15. The summed E-state index contributed by atoms with van der Waals surface area (Å²) in [6, 6.07) is 26.9. The van der Waals surface area contributed by atoms with Gasteiger partial charge >= 0.3 is 0 Å². The summed E-state index contributed by atoms with van der Waals surface area (Å²) < 4.78 is 1.55. The van der Waals surface area contributed by atoms with Gasteiger partial charge in [-0.3, -0.25) is 9.59 Å². The number of benzene rings is 3. The molecule has 0 amide bonds. The van der Waals surface area contributed by atoms with Crippen molar-refractivity contribution in [3.8, 4) is 11.1 Å². The lowest BCUT2D eigenvalue weighted by Crippen LogP contribution is -2.25. The molecule has 0 saturated heterocycles. The van der Waals surface area contributed by atoms with Crippen LogP contribution in [0.2, 0.25) is 0 Å². The maximum absolute atomic E-state index is 13.1. The molecule has 0 saturated carbocycles. The van der Waals surface area contributed by atoms with E-state index >= 15 is 0 Å². The number of para-hydroxylation sites is 1. The zero-order valence-electron chi connectivity index (χ0n) is 15.5. The lowest BCUT2D eigenvalue weighted by molar-refractivity contribution is 0.104. The van der Waals surface area contributed by atoms with Crippen LogP contribution in [0, 0.1) is 0 Å². The Morgan fingerprint density at radius 1 is 0.821 bits per heavy atom. The first-order valence-electron chi connectivity index (χ1n) is 9.11. The largest absolute Gasteiger partial charge is 0.311 e. The Morgan fingerprint density at radius 2 is 1.43 bits per heavy atom. The van der Waals surface area contributed by atoms with E-state index in [4.69, 9.17) is 0 Å². The number of rotatable bonds is 4. The maximum Gasteiger partial charge on any atom is 0.262 e. The molecule has 0 aliphatic carbocycles. The van der Waals surface area contributed by atoms with Gasteiger partial charge in [-0.2, -0.15) is 0 Å². The number of fused-ring (bicyclic) bond motifs is 1. The third-order valence-corrected chi connectivity index (χ3v) is 4.84. The van der Waals surface area contributed by atoms with Crippen molar-refractivity contribution < 1.29 is 4.79 Å². The highest BCUT2D eigenvalue weighted by molar-refractivity contribution is 6.15. The normalized spacial score (nSPS) is 11.2. The summed E-state index contributed by atoms with van der Waals surface area (Å²) in [5, 5.41) is 0.882. The van der Waals surface area contributed by atoms with Crippen LogP contribution in [-0.4, -0.2) is 10.4 Å². The molecule has 3 nitrogen and oxygen atoms in total. The summed E-state index contributed by atoms with van der Waals surface area (Å²) in [4.78, 5) is 26.3. The molecule has 0 N–H and O–H groups in total. The number of pyridine rings is 1. The van der Waals surface area contributed by atoms with Crippen LogP contribution in [0.4, 0.5) is 0 Å². The number of nitrogens with zero attached hydrogens (tertiary/aromatic N) is 1. The summed E-state index contributed by atoms with van der Waals surface area (Å²) in [7, 11) is 1.71. The Bertz CT molecular complexity index is 1240. The molecule has 0 aliphatic rings. The molecule has 0 fully saturated rings. The van der Waals surface area contributed by atoms with E-state index in [0.717, 1.165) is 22.0 Å². The molecule has 0 radical (unpaired) electrons. The predicted octanol–water partition coefficient (Wildman–Crippen LogP) is 5.10. The minimum absolute atomic E-state index is 0.194. The number of aromatic nitrogens is 1. The van der Waals surface area contributed by atoms with Gasteiger partial charge in [0.05, 0.1) is 11.1 Å². The molecule has 0 bridgehead atoms. The van der Waals surface area contributed by atoms with Crippen molar-refractivity contribution in [1.29, 1.82) is 0 Å². The second kappa shape index (κ2) is 7.49. The summed E-state index contributed by atoms with van der Waals surface area (Å²) in [5.74, 6) is -0.297. The number of ketones is 1. The third-order valence-electron chi connectivity index (χ3n) is 4.84. The van der Waals surface area contributed by atoms with Crippen molar-refractivity contribution in [3.63, 3.8) is 0 Å². The second-order valence-corrected chi connectivity index (χ2v) is 6.61. The molecular weight excluding hydrogens is 346 g/mol. The van der Waals surface area contributed by atoms with E-state index in [1.54, 1.807) is 17.7 Å². The minimum atomic E-state index is -0.297. The van der Waals surface area contributed by atoms with Gasteiger partial charge in [0.15, 0.2) is 5.78 Å². The van der Waals surface area contributed by atoms with Crippen LogP contribution >= 0.6 is 0 Å². The van der Waals surface area contributed by atoms with E-state index in [1.165, 1.54) is 6.08 Å². The topological polar surface area (TPSA) is 39.1 Å². The molecule has 1 aromatic heterocycles. The van der Waals surface area contributed by atoms with Crippen molar-refractivity contribution in [3.05, 3.63) is 112 Å². The van der Waals surface area contributed by atoms with Crippen LogP contribution < -0.4 is 5.56 Å². The molecule has 4 rings (SSSR count). The Balaban J connectivity index is 1.97. The number of allylic oxidation sites excluding steroid dienone is 1. The zero-order valence-corrected chi connectivity index (χ0v) is 15.5. The molecule has 3 heteroatoms. The molecule has 4 aromatic rings. The first-order valence-corrected chi connectivity index (χ1v) is 9.11. The van der Waals surface area contributed by atoms with Crippen LogP contribution in [0.3, 0.4) is 0 Å². The predicted molar refractivity (Wildman–Crippen MR) is 114 cm³/mol. The van der Waals surface area contributed by atoms with Crippen LogP contribution in [0.1, 0.15) is 15.9 Å². The number of hydrogen-bond acceptors (Lipinski definition) is 2. The number of carbonyl (C=O) groups excluding carboxylic acids is 1. The van der Waals surface area contributed by atoms with Crippen LogP contribution in [0.5, 0.6) is 0 Å². The van der Waals surface area contributed by atoms with Crippen LogP contribution in [-0.2, 0) is 7.05 Å². The van der Waals surface area contributed by atoms with Gasteiger partial charge in [0.2, 0.25) is 0 Å². The highest BCUT2D eigenvalue weighted by Gasteiger charge is 2.20. The monoisotopic (exact) mass is 365 g/mol. The number of carbonyl (C=O) groups is 1. The molecule has 28 heavy (non-hydrogen) atoms. The minimum Gasteiger partial charge on any atom is -0.311 e. The van der Waals surface area contributed by atoms with Crippen LogP contribution in [0.15, 0.2) is 95.8 Å². The quantitative estimate of drug-likeness (QED) is 0.373. The first-order chi connectivity index (χ1) is 13.7. The van der Waals surface area contributed by atoms with Gasteiger partial charge in [-0.05, 0) is 23.3 Å². The fourth-order valence-corrected chi connectivity index (χ4v) is 3.45. The molecule has 0 atom stereocenters. The average molecular weight is 365 g/mol. The molecule has 0 aliphatic heterocycles. The second-order valence-electron chi connectivity index (χ2n) is 6.61. The summed E-state index contributed by atoms with van der Waals surface area (Å²) in [6.07, 6.45) is 3.22. The van der Waals surface area contributed by atoms with Gasteiger partial charge in [-0.25, -0.2) is 0 Å². The lowest BCUT2D eigenvalue weighted by atomic mass is 9.93. The van der Waals surface area contributed by atoms with E-state index in [9.17, 15) is 9.59 Å². The van der Waals surface area contributed by atoms with Gasteiger partial charge in [0.25, 0.3) is 5.56 Å². The average Bonchev–Trinajstić information content (AvgIpc) is 2.75. The van der Waals surface area contributed by atoms with E-state index < -0.39 is 0 Å². The Labute approximate surface area is 163 Å². The summed E-state index contributed by atoms with van der Waals surface area (Å²) >= 11 is 0. The van der Waals surface area contributed by atoms with E-state index in [-0.39, 0.29) is 16.9 Å². The SMILES string of the molecule is Cn1c(=O)c(C(=O)/C=C/c2ccccc2)c(-c2ccccc2)c2ccccc21. The fourth-order valence-electron chi connectivity index (χ4n) is 3.45. The van der Waals surface area contributed by atoms with Gasteiger partial charge in [0.1, 0.15) is 0 Å². The standard InChI is InChI=1S/C25H19NO2/c1-26-21-15-9-8-14-20(21)23(19-12-6-3-7-13-19)24(25(26)28)22(27)17-16-18-10-4-2-5-11-18/h2-17H,1H3/b17-16+. The molecule has 1 heterocycles. The van der Waals surface area contributed by atoms with E-state index in [1.807, 2.05) is 84.9 Å². The molecule has 136 valence electrons. The van der Waals surface area contributed by atoms with Crippen molar-refractivity contribution in [1.82, 2.24) is 4.57 Å². The third kappa shape index (κ3) is 3.19. The molecular formula is C25H19NO2. The summed E-state index contributed by atoms with van der Waals surface area (Å²) in [6.45, 7) is 0. The number of hydrogen-bond donors (Lipinski definition) is 0. The van der Waals surface area contributed by atoms with Gasteiger partial charge in [-0.1, -0.05) is 84.9 Å². The Hall–Kier alpha value is -3.72. The van der Waals surface area contributed by atoms with Gasteiger partial charge in [-0.15, -0.1) is 0 Å². The molecule has 0 spiro atoms. The highest BCUT2D eigenvalue weighted by Crippen LogP contribution is 2.30. The smallest absolute Gasteiger partial charge is 0.262 e. The number of aryl methyl sites for hydroxylation is 1. The lowest BCUT2D eigenvalue weighted by Gasteiger charge is -2.14. The Morgan fingerprint density at radius 3 is 2.14 bits per heavy atom. The van der Waals surface area contributed by atoms with Gasteiger partial charge in [0, 0.05) is 18.0 Å². The van der Waals surface area contributed by atoms with E-state index in [0.29, 0.717) is 5.56 Å². The van der Waals surface area contributed by atoms with Crippen molar-refractivity contribution in [2.75, 3.05) is 0 Å². The highest BCUT2D eigenvalue weighted by atomic mass is 16.1. The fraction of sp³-hybridized carbons (Fsp3) is 0.0400. The Kier molecular flexibility index (Phi) is 4.73. The maximum atomic E-state index is 13.1. The molecule has 3 aromatic carbocycles. The van der Waals surface area contributed by atoms with E-state index in [2.05, 4.69) is 0 Å². The first kappa shape index (κ1) is 17.7. The van der Waals surface area contributed by atoms with Crippen molar-refractivity contribution in [2.24, 2.45) is 7.05 Å². The molecule has 0 unspecified atom stereocenters. The van der Waals surface area contributed by atoms with Gasteiger partial charge < -0.3 is 4.57 Å². The van der Waals surface area contributed by atoms with Crippen molar-refractivity contribution in [2.45, 2.75) is 0 Å².